The second kappa shape index (κ2) is 9.80. The van der Waals surface area contributed by atoms with E-state index in [1.807, 2.05) is 0 Å². The van der Waals surface area contributed by atoms with Crippen LogP contribution in [-0.4, -0.2) is 30.1 Å². The third kappa shape index (κ3) is 6.25. The largest absolute Gasteiger partial charge is 1.00 e. The molecular weight excluding hydrogens is 421 g/mol. The van der Waals surface area contributed by atoms with E-state index in [4.69, 9.17) is 0 Å². The number of benzene rings is 1. The van der Waals surface area contributed by atoms with Gasteiger partial charge in [-0.25, -0.2) is 0 Å². The van der Waals surface area contributed by atoms with Crippen molar-refractivity contribution in [2.45, 2.75) is 38.6 Å². The number of carbonyl (C=O) groups excluding carboxylic acids is 1. The first kappa shape index (κ1) is 20.7. The number of carboxylic acids is 1. The number of hydrogen-bond donors (Lipinski definition) is 0. The third-order valence-corrected chi connectivity index (χ3v) is 6.16. The first-order chi connectivity index (χ1) is 10.0. The zero-order chi connectivity index (χ0) is 15.3. The van der Waals surface area contributed by atoms with Crippen LogP contribution in [0.1, 0.15) is 37.7 Å². The summed E-state index contributed by atoms with van der Waals surface area (Å²) in [6, 6.07) is 6.39. The van der Waals surface area contributed by atoms with Gasteiger partial charge in [0.1, 0.15) is 6.54 Å². The van der Waals surface area contributed by atoms with Crippen molar-refractivity contribution in [3.8, 4) is 0 Å². The van der Waals surface area contributed by atoms with Crippen LogP contribution < -0.4 is 34.7 Å². The molecule has 0 spiro atoms. The SMILES string of the molecule is O=C([O-])CCC[N+]1(Cc2ccc(Br)c(Br)c2)CCCCC1.[Na+]. The van der Waals surface area contributed by atoms with Gasteiger partial charge in [-0.3, -0.25) is 0 Å². The Bertz CT molecular complexity index is 505. The summed E-state index contributed by atoms with van der Waals surface area (Å²) in [6.45, 7) is 4.22. The van der Waals surface area contributed by atoms with Crippen molar-refractivity contribution in [1.29, 1.82) is 0 Å². The zero-order valence-electron chi connectivity index (χ0n) is 13.1. The number of likely N-dealkylation sites (tertiary alicyclic amines) is 1. The minimum absolute atomic E-state index is 0. The molecule has 0 radical (unpaired) electrons. The molecule has 22 heavy (non-hydrogen) atoms. The molecule has 1 saturated heterocycles. The summed E-state index contributed by atoms with van der Waals surface area (Å²) in [6.07, 6.45) is 4.65. The summed E-state index contributed by atoms with van der Waals surface area (Å²) in [5, 5.41) is 10.7. The third-order valence-electron chi connectivity index (χ3n) is 4.28. The zero-order valence-corrected chi connectivity index (χ0v) is 18.3. The van der Waals surface area contributed by atoms with Crippen molar-refractivity contribution in [1.82, 2.24) is 0 Å². The minimum Gasteiger partial charge on any atom is -0.550 e. The van der Waals surface area contributed by atoms with Gasteiger partial charge in [0.25, 0.3) is 0 Å². The first-order valence-corrected chi connectivity index (χ1v) is 9.08. The van der Waals surface area contributed by atoms with E-state index < -0.39 is 5.97 Å². The van der Waals surface area contributed by atoms with Crippen molar-refractivity contribution in [2.75, 3.05) is 19.6 Å². The van der Waals surface area contributed by atoms with E-state index in [1.54, 1.807) is 0 Å². The standard InChI is InChI=1S/C16H21Br2NO2.Na/c17-14-7-6-13(11-15(14)18)12-19(8-2-1-3-9-19)10-4-5-16(20)21;/h6-7,11H,1-5,8-10,12H2;/q;+1. The van der Waals surface area contributed by atoms with Crippen LogP contribution in [-0.2, 0) is 11.3 Å². The maximum absolute atomic E-state index is 10.7. The van der Waals surface area contributed by atoms with E-state index in [1.165, 1.54) is 24.8 Å². The van der Waals surface area contributed by atoms with Gasteiger partial charge in [0.2, 0.25) is 0 Å². The molecule has 0 atom stereocenters. The Morgan fingerprint density at radius 1 is 1.14 bits per heavy atom. The first-order valence-electron chi connectivity index (χ1n) is 7.50. The van der Waals surface area contributed by atoms with Gasteiger partial charge in [-0.2, -0.15) is 0 Å². The average molecular weight is 442 g/mol. The monoisotopic (exact) mass is 440 g/mol. The quantitative estimate of drug-likeness (QED) is 0.469. The van der Waals surface area contributed by atoms with Gasteiger partial charge in [0.05, 0.1) is 19.6 Å². The Labute approximate surface area is 171 Å². The van der Waals surface area contributed by atoms with Gasteiger partial charge >= 0.3 is 29.6 Å². The van der Waals surface area contributed by atoms with Crippen LogP contribution in [0.5, 0.6) is 0 Å². The molecule has 0 saturated carbocycles. The predicted molar refractivity (Wildman–Crippen MR) is 88.5 cm³/mol. The molecule has 0 amide bonds. The number of aliphatic carboxylic acids is 1. The van der Waals surface area contributed by atoms with Crippen LogP contribution in [0.15, 0.2) is 27.1 Å². The number of carbonyl (C=O) groups is 1. The predicted octanol–water partition coefficient (Wildman–Crippen LogP) is 0.246. The Hall–Kier alpha value is 0.610. The van der Waals surface area contributed by atoms with Crippen LogP contribution in [0, 0.1) is 0 Å². The summed E-state index contributed by atoms with van der Waals surface area (Å²) < 4.78 is 3.15. The molecule has 1 heterocycles. The summed E-state index contributed by atoms with van der Waals surface area (Å²) in [4.78, 5) is 10.7. The summed E-state index contributed by atoms with van der Waals surface area (Å²) in [5.74, 6) is -0.934. The number of rotatable bonds is 6. The van der Waals surface area contributed by atoms with Gasteiger partial charge in [-0.1, -0.05) is 6.07 Å². The minimum atomic E-state index is -0.934. The molecule has 0 unspecified atom stereocenters. The molecule has 0 N–H and O–H groups in total. The van der Waals surface area contributed by atoms with Crippen LogP contribution in [0.4, 0.5) is 0 Å². The summed E-state index contributed by atoms with van der Waals surface area (Å²) >= 11 is 7.06. The molecule has 0 bridgehead atoms. The fourth-order valence-electron chi connectivity index (χ4n) is 3.23. The van der Waals surface area contributed by atoms with E-state index >= 15 is 0 Å². The Morgan fingerprint density at radius 3 is 2.41 bits per heavy atom. The molecule has 1 fully saturated rings. The van der Waals surface area contributed by atoms with Gasteiger partial charge < -0.3 is 14.4 Å². The molecular formula is C16H21Br2NNaO2+. The number of carboxylic acid groups (broad SMARTS) is 1. The Kier molecular flexibility index (Phi) is 9.20. The van der Waals surface area contributed by atoms with E-state index in [9.17, 15) is 9.90 Å². The van der Waals surface area contributed by atoms with Crippen LogP contribution >= 0.6 is 31.9 Å². The van der Waals surface area contributed by atoms with Crippen molar-refractivity contribution >= 4 is 37.8 Å². The molecule has 1 aliphatic heterocycles. The molecule has 3 nitrogen and oxygen atoms in total. The van der Waals surface area contributed by atoms with Crippen LogP contribution in [0.3, 0.4) is 0 Å². The van der Waals surface area contributed by atoms with Gasteiger partial charge in [-0.15, -0.1) is 0 Å². The maximum atomic E-state index is 10.7. The number of quaternary nitrogens is 1. The number of nitrogens with zero attached hydrogens (tertiary/aromatic N) is 1. The van der Waals surface area contributed by atoms with E-state index in [0.717, 1.165) is 39.6 Å². The fraction of sp³-hybridized carbons (Fsp3) is 0.562. The molecule has 2 rings (SSSR count). The fourth-order valence-corrected chi connectivity index (χ4v) is 3.90. The maximum Gasteiger partial charge on any atom is 1.00 e. The van der Waals surface area contributed by atoms with E-state index in [-0.39, 0.29) is 36.0 Å². The van der Waals surface area contributed by atoms with Crippen LogP contribution in [0.2, 0.25) is 0 Å². The Balaban J connectivity index is 0.00000242. The molecule has 6 heteroatoms. The second-order valence-electron chi connectivity index (χ2n) is 5.96. The van der Waals surface area contributed by atoms with Crippen molar-refractivity contribution < 1.29 is 43.9 Å². The van der Waals surface area contributed by atoms with Gasteiger partial charge in [0, 0.05) is 26.9 Å². The van der Waals surface area contributed by atoms with Gasteiger partial charge in [-0.05, 0) is 69.7 Å². The van der Waals surface area contributed by atoms with Crippen molar-refractivity contribution in [2.24, 2.45) is 0 Å². The summed E-state index contributed by atoms with van der Waals surface area (Å²) in [5.41, 5.74) is 1.31. The Morgan fingerprint density at radius 2 is 1.82 bits per heavy atom. The molecule has 1 aromatic rings. The smallest absolute Gasteiger partial charge is 0.550 e. The molecule has 0 aliphatic carbocycles. The van der Waals surface area contributed by atoms with Gasteiger partial charge in [0.15, 0.2) is 0 Å². The van der Waals surface area contributed by atoms with Crippen LogP contribution in [0.25, 0.3) is 0 Å². The molecule has 116 valence electrons. The average Bonchev–Trinajstić information content (AvgIpc) is 2.43. The number of piperidine rings is 1. The van der Waals surface area contributed by atoms with Crippen molar-refractivity contribution in [3.05, 3.63) is 32.7 Å². The number of halogens is 2. The van der Waals surface area contributed by atoms with E-state index in [2.05, 4.69) is 50.1 Å². The van der Waals surface area contributed by atoms with E-state index in [0.29, 0.717) is 6.42 Å². The molecule has 1 aromatic carbocycles. The molecule has 1 aliphatic rings. The number of hydrogen-bond acceptors (Lipinski definition) is 2. The molecule has 0 aromatic heterocycles. The normalized spacial score (nSPS) is 16.8. The van der Waals surface area contributed by atoms with Crippen molar-refractivity contribution in [3.63, 3.8) is 0 Å². The summed E-state index contributed by atoms with van der Waals surface area (Å²) in [7, 11) is 0. The topological polar surface area (TPSA) is 40.1 Å². The second-order valence-corrected chi connectivity index (χ2v) is 7.66.